The van der Waals surface area contributed by atoms with Crippen LogP contribution in [0.2, 0.25) is 8.35 Å². The van der Waals surface area contributed by atoms with Crippen molar-refractivity contribution in [1.29, 1.82) is 0 Å². The third-order valence-corrected chi connectivity index (χ3v) is 30.5. The minimum absolute atomic E-state index is 0. The number of fused-ring (bicyclic) bond motifs is 2. The van der Waals surface area contributed by atoms with Crippen molar-refractivity contribution >= 4 is 37.0 Å². The average Bonchev–Trinajstić information content (AvgIpc) is 3.53. The Kier molecular flexibility index (Phi) is 10.7. The van der Waals surface area contributed by atoms with E-state index in [2.05, 4.69) is 166 Å². The molecule has 0 nitrogen and oxygen atoms in total. The van der Waals surface area contributed by atoms with Crippen LogP contribution >= 0.6 is 24.8 Å². The van der Waals surface area contributed by atoms with Gasteiger partial charge in [0.2, 0.25) is 0 Å². The molecule has 258 valence electrons. The van der Waals surface area contributed by atoms with E-state index in [-0.39, 0.29) is 35.6 Å². The number of benzene rings is 4. The van der Waals surface area contributed by atoms with Crippen molar-refractivity contribution in [3.05, 3.63) is 129 Å². The van der Waals surface area contributed by atoms with Crippen LogP contribution in [0.3, 0.4) is 0 Å². The van der Waals surface area contributed by atoms with Crippen molar-refractivity contribution in [2.45, 2.75) is 95.8 Å². The van der Waals surface area contributed by atoms with E-state index in [0.29, 0.717) is 19.2 Å². The summed E-state index contributed by atoms with van der Waals surface area (Å²) in [5.41, 5.74) is 18.4. The SMILES string of the molecule is CC(C)C1=Cc2c(-c3ccc(C(C)(C)C)cc3)cccc2[CH]1[Hf]1([CH]2C(C(C)C)=Cc3c(-c4ccc(C(C)(C)C)cc4)cccc32)[CH2][CH2]1.Cl.Cl. The number of halogens is 2. The molecular weight excluding hydrogens is 802 g/mol. The molecule has 3 aliphatic rings. The summed E-state index contributed by atoms with van der Waals surface area (Å²) in [6.07, 6.45) is 5.30. The summed E-state index contributed by atoms with van der Waals surface area (Å²) < 4.78 is 4.34. The van der Waals surface area contributed by atoms with Crippen molar-refractivity contribution < 1.29 is 20.0 Å². The Hall–Kier alpha value is -2.19. The first-order valence-electron chi connectivity index (χ1n) is 18.1. The van der Waals surface area contributed by atoms with Crippen molar-refractivity contribution in [1.82, 2.24) is 0 Å². The van der Waals surface area contributed by atoms with Gasteiger partial charge in [-0.25, -0.2) is 0 Å². The molecule has 0 aromatic heterocycles. The zero-order chi connectivity index (χ0) is 33.5. The first-order valence-corrected chi connectivity index (χ1v) is 27.3. The number of hydrogen-bond donors (Lipinski definition) is 0. The van der Waals surface area contributed by atoms with Crippen LogP contribution < -0.4 is 0 Å². The van der Waals surface area contributed by atoms with Gasteiger partial charge in [0.25, 0.3) is 0 Å². The van der Waals surface area contributed by atoms with Crippen LogP contribution in [0.5, 0.6) is 0 Å². The molecular formula is C46H56Cl2Hf. The van der Waals surface area contributed by atoms with E-state index in [1.54, 1.807) is 22.3 Å². The summed E-state index contributed by atoms with van der Waals surface area (Å²) in [5.74, 6) is 1.11. The van der Waals surface area contributed by atoms with Crippen molar-refractivity contribution in [3.8, 4) is 22.3 Å². The fourth-order valence-corrected chi connectivity index (χ4v) is 37.7. The van der Waals surface area contributed by atoms with Gasteiger partial charge in [-0.2, -0.15) is 0 Å². The topological polar surface area (TPSA) is 0 Å². The molecule has 1 fully saturated rings. The molecule has 0 spiro atoms. The normalized spacial score (nSPS) is 19.1. The molecule has 0 amide bonds. The number of allylic oxidation sites excluding steroid dienone is 2. The van der Waals surface area contributed by atoms with Gasteiger partial charge >= 0.3 is 291 Å². The van der Waals surface area contributed by atoms with Gasteiger partial charge in [0.05, 0.1) is 0 Å². The fourth-order valence-electron chi connectivity index (χ4n) is 8.83. The Labute approximate surface area is 314 Å². The van der Waals surface area contributed by atoms with Gasteiger partial charge in [-0.1, -0.05) is 0 Å². The molecule has 2 atom stereocenters. The maximum atomic E-state index is 2.65. The van der Waals surface area contributed by atoms with E-state index in [1.807, 2.05) is 0 Å². The molecule has 7 rings (SSSR count). The standard InChI is InChI=1S/2C22H25.C2H4.2ClH.Hf/c2*1-15(2)18-13-17-7-6-8-20(21(17)14-18)16-9-11-19(12-10-16)22(3,4)5;1-2;;;/h2*6-15H,1-5H3;1-2H2;2*1H;. The molecule has 2 aliphatic carbocycles. The first kappa shape index (κ1) is 38.1. The maximum Gasteiger partial charge on any atom is -0.147 e. The molecule has 1 heterocycles. The van der Waals surface area contributed by atoms with Crippen LogP contribution in [-0.2, 0) is 30.8 Å². The van der Waals surface area contributed by atoms with Crippen LogP contribution in [0, 0.1) is 11.8 Å². The van der Waals surface area contributed by atoms with Gasteiger partial charge in [-0.15, -0.1) is 24.8 Å². The predicted molar refractivity (Wildman–Crippen MR) is 216 cm³/mol. The van der Waals surface area contributed by atoms with E-state index in [4.69, 9.17) is 0 Å². The zero-order valence-electron chi connectivity index (χ0n) is 31.3. The Balaban J connectivity index is 0.00000234. The minimum atomic E-state index is -3.00. The summed E-state index contributed by atoms with van der Waals surface area (Å²) in [5, 5.41) is 0. The van der Waals surface area contributed by atoms with Crippen molar-refractivity contribution in [2.75, 3.05) is 0 Å². The molecule has 4 aromatic rings. The molecule has 0 radical (unpaired) electrons. The molecule has 0 bridgehead atoms. The van der Waals surface area contributed by atoms with E-state index >= 15 is 0 Å². The van der Waals surface area contributed by atoms with Gasteiger partial charge in [-0.3, -0.25) is 0 Å². The Bertz CT molecular complexity index is 1750. The molecule has 2 unspecified atom stereocenters. The third-order valence-electron chi connectivity index (χ3n) is 11.6. The van der Waals surface area contributed by atoms with Gasteiger partial charge < -0.3 is 0 Å². The second-order valence-corrected chi connectivity index (χ2v) is 34.1. The molecule has 3 heteroatoms. The Morgan fingerprint density at radius 3 is 1.14 bits per heavy atom. The molecule has 0 saturated carbocycles. The second-order valence-electron chi connectivity index (χ2n) is 17.5. The average molecular weight is 858 g/mol. The predicted octanol–water partition coefficient (Wildman–Crippen LogP) is 14.4. The van der Waals surface area contributed by atoms with E-state index in [0.717, 1.165) is 0 Å². The van der Waals surface area contributed by atoms with Crippen LogP contribution in [0.25, 0.3) is 34.4 Å². The molecule has 0 N–H and O–H groups in total. The van der Waals surface area contributed by atoms with Gasteiger partial charge in [0.15, 0.2) is 0 Å². The van der Waals surface area contributed by atoms with Crippen molar-refractivity contribution in [3.63, 3.8) is 0 Å². The van der Waals surface area contributed by atoms with E-state index < -0.39 is 20.0 Å². The smallest absolute Gasteiger partial charge is 0.147 e. The van der Waals surface area contributed by atoms with Crippen LogP contribution in [-0.4, -0.2) is 0 Å². The largest absolute Gasteiger partial charge is 0.147 e. The second kappa shape index (κ2) is 13.7. The third kappa shape index (κ3) is 6.67. The molecule has 1 aliphatic heterocycles. The summed E-state index contributed by atoms with van der Waals surface area (Å²) in [6.45, 7) is 23.6. The summed E-state index contributed by atoms with van der Waals surface area (Å²) in [4.78, 5) is 0. The van der Waals surface area contributed by atoms with Gasteiger partial charge in [-0.05, 0) is 0 Å². The summed E-state index contributed by atoms with van der Waals surface area (Å²) in [6, 6.07) is 33.4. The maximum absolute atomic E-state index is 3.00. The minimum Gasteiger partial charge on any atom is -0.147 e. The van der Waals surface area contributed by atoms with Gasteiger partial charge in [0.1, 0.15) is 0 Å². The van der Waals surface area contributed by atoms with Crippen LogP contribution in [0.15, 0.2) is 96.1 Å². The van der Waals surface area contributed by atoms with Crippen LogP contribution in [0.4, 0.5) is 0 Å². The van der Waals surface area contributed by atoms with E-state index in [1.165, 1.54) is 52.9 Å². The van der Waals surface area contributed by atoms with Crippen LogP contribution in [0.1, 0.15) is 110 Å². The monoisotopic (exact) mass is 858 g/mol. The zero-order valence-corrected chi connectivity index (χ0v) is 36.5. The van der Waals surface area contributed by atoms with Crippen molar-refractivity contribution in [2.24, 2.45) is 11.8 Å². The summed E-state index contributed by atoms with van der Waals surface area (Å²) >= 11 is -3.00. The fraction of sp³-hybridized carbons (Fsp3) is 0.391. The molecule has 4 aromatic carbocycles. The Morgan fingerprint density at radius 2 is 0.857 bits per heavy atom. The first-order chi connectivity index (χ1) is 22.2. The van der Waals surface area contributed by atoms with Gasteiger partial charge in [0, 0.05) is 0 Å². The molecule has 1 saturated heterocycles. The quantitative estimate of drug-likeness (QED) is 0.170. The van der Waals surface area contributed by atoms with E-state index in [9.17, 15) is 0 Å². The Morgan fingerprint density at radius 1 is 0.510 bits per heavy atom. The number of hydrogen-bond acceptors (Lipinski definition) is 0. The molecule has 49 heavy (non-hydrogen) atoms. The number of rotatable bonds is 6. The summed E-state index contributed by atoms with van der Waals surface area (Å²) in [7, 11) is 0.